The minimum atomic E-state index is -0.997. The SMILES string of the molecule is CCOC(=O)N1CCN(C(=O)[C@H](CCC(=O)OC(C)(C)C)NC(=O)c2cc(SC3CCCCC3)nc(-c3ccccc3)n2)CC1. The summed E-state index contributed by atoms with van der Waals surface area (Å²) in [5.74, 6) is -0.869. The van der Waals surface area contributed by atoms with Gasteiger partial charge in [0.1, 0.15) is 22.4 Å². The second kappa shape index (κ2) is 16.1. The van der Waals surface area contributed by atoms with Gasteiger partial charge in [0.2, 0.25) is 5.91 Å². The van der Waals surface area contributed by atoms with Crippen molar-refractivity contribution in [3.8, 4) is 11.4 Å². The highest BCUT2D eigenvalue weighted by molar-refractivity contribution is 7.99. The topological polar surface area (TPSA) is 131 Å². The number of hydrogen-bond donors (Lipinski definition) is 1. The van der Waals surface area contributed by atoms with Gasteiger partial charge in [0, 0.05) is 49.5 Å². The lowest BCUT2D eigenvalue weighted by molar-refractivity contribution is -0.155. The van der Waals surface area contributed by atoms with E-state index in [-0.39, 0.29) is 44.1 Å². The zero-order chi connectivity index (χ0) is 32.4. The quantitative estimate of drug-likeness (QED) is 0.279. The number of nitrogens with one attached hydrogen (secondary N) is 1. The van der Waals surface area contributed by atoms with Crippen LogP contribution in [-0.4, -0.2) is 93.3 Å². The summed E-state index contributed by atoms with van der Waals surface area (Å²) >= 11 is 1.67. The fourth-order valence-corrected chi connectivity index (χ4v) is 6.59. The number of hydrogen-bond acceptors (Lipinski definition) is 9. The number of carbonyl (C=O) groups excluding carboxylic acids is 4. The normalized spacial score (nSPS) is 16.5. The van der Waals surface area contributed by atoms with Crippen molar-refractivity contribution < 1.29 is 28.7 Å². The Morgan fingerprint density at radius 3 is 2.29 bits per heavy atom. The van der Waals surface area contributed by atoms with Gasteiger partial charge in [-0.2, -0.15) is 0 Å². The molecule has 12 heteroatoms. The van der Waals surface area contributed by atoms with Crippen molar-refractivity contribution in [2.75, 3.05) is 32.8 Å². The van der Waals surface area contributed by atoms with Gasteiger partial charge in [0.05, 0.1) is 6.61 Å². The molecular formula is C33H45N5O6S. The third-order valence-electron chi connectivity index (χ3n) is 7.58. The molecule has 244 valence electrons. The molecule has 1 aliphatic carbocycles. The Bertz CT molecular complexity index is 1320. The predicted molar refractivity (Wildman–Crippen MR) is 172 cm³/mol. The summed E-state index contributed by atoms with van der Waals surface area (Å²) in [7, 11) is 0. The van der Waals surface area contributed by atoms with Crippen LogP contribution in [0.3, 0.4) is 0 Å². The summed E-state index contributed by atoms with van der Waals surface area (Å²) in [5, 5.41) is 4.01. The zero-order valence-corrected chi connectivity index (χ0v) is 27.6. The van der Waals surface area contributed by atoms with Gasteiger partial charge in [-0.25, -0.2) is 14.8 Å². The highest BCUT2D eigenvalue weighted by Gasteiger charge is 2.32. The predicted octanol–water partition coefficient (Wildman–Crippen LogP) is 5.09. The Balaban J connectivity index is 1.54. The van der Waals surface area contributed by atoms with Crippen LogP contribution in [0.1, 0.15) is 83.1 Å². The van der Waals surface area contributed by atoms with Gasteiger partial charge >= 0.3 is 12.1 Å². The lowest BCUT2D eigenvalue weighted by atomic mass is 10.0. The molecule has 2 aromatic rings. The number of ether oxygens (including phenoxy) is 2. The molecule has 1 aromatic heterocycles. The molecule has 2 heterocycles. The first kappa shape index (κ1) is 34.2. The van der Waals surface area contributed by atoms with E-state index in [1.807, 2.05) is 30.3 Å². The van der Waals surface area contributed by atoms with Crippen LogP contribution in [0.15, 0.2) is 41.4 Å². The number of carbonyl (C=O) groups is 4. The first-order valence-electron chi connectivity index (χ1n) is 15.9. The van der Waals surface area contributed by atoms with Crippen LogP contribution in [-0.2, 0) is 19.1 Å². The Morgan fingerprint density at radius 1 is 0.978 bits per heavy atom. The molecule has 2 fully saturated rings. The molecule has 1 aliphatic heterocycles. The standard InChI is InChI=1S/C33H45N5O6S/c1-5-43-32(42)38-20-18-37(19-21-38)31(41)25(16-17-28(39)44-33(2,3)4)35-30(40)26-22-27(45-24-14-10-7-11-15-24)36-29(34-26)23-12-8-6-9-13-23/h6,8-9,12-13,22,24-25H,5,7,10-11,14-21H2,1-4H3,(H,35,40)/t25-/m0/s1. The molecule has 1 saturated heterocycles. The molecule has 1 atom stereocenters. The number of piperazine rings is 1. The maximum atomic E-state index is 13.8. The van der Waals surface area contributed by atoms with E-state index in [0.29, 0.717) is 29.2 Å². The third kappa shape index (κ3) is 10.4. The number of benzene rings is 1. The molecule has 45 heavy (non-hydrogen) atoms. The monoisotopic (exact) mass is 639 g/mol. The average Bonchev–Trinajstić information content (AvgIpc) is 3.02. The summed E-state index contributed by atoms with van der Waals surface area (Å²) in [6.07, 6.45) is 5.37. The molecule has 1 saturated carbocycles. The van der Waals surface area contributed by atoms with Gasteiger partial charge in [-0.1, -0.05) is 49.6 Å². The highest BCUT2D eigenvalue weighted by Crippen LogP contribution is 2.33. The first-order valence-corrected chi connectivity index (χ1v) is 16.7. The van der Waals surface area contributed by atoms with Crippen molar-refractivity contribution in [1.29, 1.82) is 0 Å². The number of thioether (sulfide) groups is 1. The van der Waals surface area contributed by atoms with Crippen LogP contribution >= 0.6 is 11.8 Å². The molecule has 4 rings (SSSR count). The maximum Gasteiger partial charge on any atom is 0.409 e. The smallest absolute Gasteiger partial charge is 0.409 e. The van der Waals surface area contributed by atoms with E-state index in [1.165, 1.54) is 19.3 Å². The first-order chi connectivity index (χ1) is 21.5. The van der Waals surface area contributed by atoms with Gasteiger partial charge in [0.25, 0.3) is 5.91 Å². The highest BCUT2D eigenvalue weighted by atomic mass is 32.2. The van der Waals surface area contributed by atoms with Crippen molar-refractivity contribution in [1.82, 2.24) is 25.1 Å². The molecule has 1 aromatic carbocycles. The van der Waals surface area contributed by atoms with E-state index >= 15 is 0 Å². The molecule has 0 spiro atoms. The van der Waals surface area contributed by atoms with Gasteiger partial charge in [-0.15, -0.1) is 11.8 Å². The maximum absolute atomic E-state index is 13.8. The van der Waals surface area contributed by atoms with Crippen LogP contribution in [0, 0.1) is 0 Å². The lowest BCUT2D eigenvalue weighted by Gasteiger charge is -2.36. The van der Waals surface area contributed by atoms with Gasteiger partial charge in [-0.3, -0.25) is 14.4 Å². The van der Waals surface area contributed by atoms with Crippen molar-refractivity contribution >= 4 is 35.6 Å². The summed E-state index contributed by atoms with van der Waals surface area (Å²) in [6.45, 7) is 8.54. The molecule has 0 bridgehead atoms. The summed E-state index contributed by atoms with van der Waals surface area (Å²) in [5.41, 5.74) is 0.267. The number of rotatable bonds is 10. The van der Waals surface area contributed by atoms with Crippen LogP contribution < -0.4 is 5.32 Å². The third-order valence-corrected chi connectivity index (χ3v) is 8.84. The number of amides is 3. The Labute approximate surface area is 269 Å². The van der Waals surface area contributed by atoms with Gasteiger partial charge < -0.3 is 24.6 Å². The summed E-state index contributed by atoms with van der Waals surface area (Å²) < 4.78 is 10.6. The van der Waals surface area contributed by atoms with Crippen LogP contribution in [0.25, 0.3) is 11.4 Å². The second-order valence-electron chi connectivity index (χ2n) is 12.3. The van der Waals surface area contributed by atoms with E-state index in [2.05, 4.69) is 10.3 Å². The molecule has 0 radical (unpaired) electrons. The Kier molecular flexibility index (Phi) is 12.2. The average molecular weight is 640 g/mol. The minimum Gasteiger partial charge on any atom is -0.460 e. The minimum absolute atomic E-state index is 0.0535. The number of aromatic nitrogens is 2. The molecule has 3 amide bonds. The van der Waals surface area contributed by atoms with Crippen molar-refractivity contribution in [3.05, 3.63) is 42.1 Å². The van der Waals surface area contributed by atoms with E-state index in [9.17, 15) is 19.2 Å². The van der Waals surface area contributed by atoms with E-state index in [4.69, 9.17) is 14.5 Å². The van der Waals surface area contributed by atoms with E-state index in [1.54, 1.807) is 55.3 Å². The second-order valence-corrected chi connectivity index (χ2v) is 13.6. The number of esters is 1. The van der Waals surface area contributed by atoms with Crippen LogP contribution in [0.4, 0.5) is 4.79 Å². The Morgan fingerprint density at radius 2 is 1.64 bits per heavy atom. The summed E-state index contributed by atoms with van der Waals surface area (Å²) in [6, 6.07) is 10.2. The van der Waals surface area contributed by atoms with Gasteiger partial charge in [-0.05, 0) is 47.0 Å². The van der Waals surface area contributed by atoms with Gasteiger partial charge in [0.15, 0.2) is 5.82 Å². The van der Waals surface area contributed by atoms with E-state index < -0.39 is 29.6 Å². The fourth-order valence-electron chi connectivity index (χ4n) is 5.36. The molecule has 1 N–H and O–H groups in total. The fraction of sp³-hybridized carbons (Fsp3) is 0.576. The molecule has 11 nitrogen and oxygen atoms in total. The Hall–Kier alpha value is -3.67. The van der Waals surface area contributed by atoms with E-state index in [0.717, 1.165) is 18.4 Å². The summed E-state index contributed by atoms with van der Waals surface area (Å²) in [4.78, 5) is 64.9. The van der Waals surface area contributed by atoms with Crippen molar-refractivity contribution in [3.63, 3.8) is 0 Å². The van der Waals surface area contributed by atoms with Crippen molar-refractivity contribution in [2.24, 2.45) is 0 Å². The van der Waals surface area contributed by atoms with Crippen LogP contribution in [0.5, 0.6) is 0 Å². The largest absolute Gasteiger partial charge is 0.460 e. The number of nitrogens with zero attached hydrogens (tertiary/aromatic N) is 4. The molecule has 2 aliphatic rings. The molecule has 0 unspecified atom stereocenters. The van der Waals surface area contributed by atoms with Crippen LogP contribution in [0.2, 0.25) is 0 Å². The molecular weight excluding hydrogens is 594 g/mol. The lowest BCUT2D eigenvalue weighted by Crippen LogP contribution is -2.56. The van der Waals surface area contributed by atoms with Crippen molar-refractivity contribution in [2.45, 2.75) is 94.6 Å². The zero-order valence-electron chi connectivity index (χ0n) is 26.8.